The highest BCUT2D eigenvalue weighted by Gasteiger charge is 2.34. The number of rotatable bonds is 4. The molecule has 31 heavy (non-hydrogen) atoms. The SMILES string of the molecule is O=C(O)c1c(C2=CC=CNC2O)c2cc(C(F)(F)F)ccc2n1Cc1ccccc1F. The molecule has 0 aliphatic carbocycles. The Kier molecular flexibility index (Phi) is 5.06. The van der Waals surface area contributed by atoms with Crippen molar-refractivity contribution in [1.29, 1.82) is 0 Å². The Morgan fingerprint density at radius 2 is 1.90 bits per heavy atom. The van der Waals surface area contributed by atoms with E-state index in [4.69, 9.17) is 0 Å². The van der Waals surface area contributed by atoms with Gasteiger partial charge in [0, 0.05) is 27.6 Å². The van der Waals surface area contributed by atoms with Gasteiger partial charge < -0.3 is 20.1 Å². The number of hydrogen-bond donors (Lipinski definition) is 3. The van der Waals surface area contributed by atoms with Gasteiger partial charge in [-0.25, -0.2) is 9.18 Å². The van der Waals surface area contributed by atoms with Gasteiger partial charge >= 0.3 is 12.1 Å². The highest BCUT2D eigenvalue weighted by molar-refractivity contribution is 6.06. The summed E-state index contributed by atoms with van der Waals surface area (Å²) in [7, 11) is 0. The molecule has 1 atom stereocenters. The number of nitrogens with zero attached hydrogens (tertiary/aromatic N) is 1. The molecular weight excluding hydrogens is 416 g/mol. The molecule has 0 saturated carbocycles. The van der Waals surface area contributed by atoms with Crippen molar-refractivity contribution < 1.29 is 32.6 Å². The fourth-order valence-corrected chi connectivity index (χ4v) is 3.71. The number of dihydropyridines is 1. The zero-order valence-electron chi connectivity index (χ0n) is 15.8. The molecule has 2 heterocycles. The quantitative estimate of drug-likeness (QED) is 0.536. The van der Waals surface area contributed by atoms with Gasteiger partial charge in [0.1, 0.15) is 11.5 Å². The third-order valence-corrected chi connectivity index (χ3v) is 5.09. The van der Waals surface area contributed by atoms with E-state index in [2.05, 4.69) is 5.32 Å². The van der Waals surface area contributed by atoms with Crippen molar-refractivity contribution in [3.8, 4) is 0 Å². The zero-order chi connectivity index (χ0) is 22.3. The van der Waals surface area contributed by atoms with Crippen LogP contribution in [0, 0.1) is 5.82 Å². The minimum atomic E-state index is -4.65. The van der Waals surface area contributed by atoms with Gasteiger partial charge in [-0.1, -0.05) is 24.3 Å². The predicted molar refractivity (Wildman–Crippen MR) is 106 cm³/mol. The first-order valence-corrected chi connectivity index (χ1v) is 9.20. The van der Waals surface area contributed by atoms with Gasteiger partial charge in [0.05, 0.1) is 12.1 Å². The van der Waals surface area contributed by atoms with Crippen molar-refractivity contribution in [2.24, 2.45) is 0 Å². The Labute approximate surface area is 173 Å². The van der Waals surface area contributed by atoms with Gasteiger partial charge in [0.25, 0.3) is 0 Å². The molecule has 1 aromatic heterocycles. The fourth-order valence-electron chi connectivity index (χ4n) is 3.71. The molecule has 1 unspecified atom stereocenters. The lowest BCUT2D eigenvalue weighted by atomic mass is 9.97. The van der Waals surface area contributed by atoms with Crippen molar-refractivity contribution in [2.75, 3.05) is 0 Å². The molecule has 1 aliphatic heterocycles. The van der Waals surface area contributed by atoms with Gasteiger partial charge in [-0.05, 0) is 36.5 Å². The highest BCUT2D eigenvalue weighted by atomic mass is 19.4. The number of benzene rings is 2. The second kappa shape index (κ2) is 7.59. The fraction of sp³-hybridized carbons (Fsp3) is 0.136. The number of hydrogen-bond acceptors (Lipinski definition) is 3. The van der Waals surface area contributed by atoms with Crippen LogP contribution in [0.1, 0.15) is 27.2 Å². The van der Waals surface area contributed by atoms with Crippen molar-refractivity contribution in [3.63, 3.8) is 0 Å². The van der Waals surface area contributed by atoms with Crippen LogP contribution in [0.25, 0.3) is 16.5 Å². The molecule has 3 aromatic rings. The average Bonchev–Trinajstić information content (AvgIpc) is 3.03. The smallest absolute Gasteiger partial charge is 0.416 e. The van der Waals surface area contributed by atoms with Gasteiger partial charge in [-0.2, -0.15) is 13.2 Å². The number of alkyl halides is 3. The average molecular weight is 432 g/mol. The monoisotopic (exact) mass is 432 g/mol. The van der Waals surface area contributed by atoms with Crippen molar-refractivity contribution in [1.82, 2.24) is 9.88 Å². The Hall–Kier alpha value is -3.59. The molecule has 0 spiro atoms. The van der Waals surface area contributed by atoms with E-state index in [0.717, 1.165) is 18.2 Å². The van der Waals surface area contributed by atoms with Crippen LogP contribution < -0.4 is 5.32 Å². The summed E-state index contributed by atoms with van der Waals surface area (Å²) >= 11 is 0. The summed E-state index contributed by atoms with van der Waals surface area (Å²) in [6, 6.07) is 8.60. The van der Waals surface area contributed by atoms with Crippen LogP contribution in [0.3, 0.4) is 0 Å². The summed E-state index contributed by atoms with van der Waals surface area (Å²) in [6.45, 7) is -0.219. The second-order valence-corrected chi connectivity index (χ2v) is 6.99. The number of aromatic nitrogens is 1. The third-order valence-electron chi connectivity index (χ3n) is 5.09. The molecule has 1 aliphatic rings. The molecule has 3 N–H and O–H groups in total. The van der Waals surface area contributed by atoms with Crippen molar-refractivity contribution in [2.45, 2.75) is 18.9 Å². The van der Waals surface area contributed by atoms with Gasteiger partial charge in [0.2, 0.25) is 0 Å². The van der Waals surface area contributed by atoms with E-state index in [1.54, 1.807) is 6.07 Å². The van der Waals surface area contributed by atoms with Crippen LogP contribution >= 0.6 is 0 Å². The molecule has 0 radical (unpaired) electrons. The number of carboxylic acids is 1. The first kappa shape index (κ1) is 20.7. The Bertz CT molecular complexity index is 1240. The number of halogens is 4. The molecule has 4 rings (SSSR count). The lowest BCUT2D eigenvalue weighted by Crippen LogP contribution is -2.28. The maximum Gasteiger partial charge on any atom is 0.416 e. The van der Waals surface area contributed by atoms with Crippen LogP contribution in [0.2, 0.25) is 0 Å². The maximum absolute atomic E-state index is 14.3. The van der Waals surface area contributed by atoms with Crippen molar-refractivity contribution in [3.05, 3.63) is 89.0 Å². The maximum atomic E-state index is 14.3. The lowest BCUT2D eigenvalue weighted by Gasteiger charge is -2.19. The van der Waals surface area contributed by atoms with Crippen LogP contribution in [-0.2, 0) is 12.7 Å². The van der Waals surface area contributed by atoms with E-state index >= 15 is 0 Å². The van der Waals surface area contributed by atoms with E-state index in [-0.39, 0.29) is 39.8 Å². The van der Waals surface area contributed by atoms with Crippen LogP contribution in [0.4, 0.5) is 17.6 Å². The number of aromatic carboxylic acids is 1. The third kappa shape index (κ3) is 3.68. The number of fused-ring (bicyclic) bond motifs is 1. The molecule has 0 saturated heterocycles. The summed E-state index contributed by atoms with van der Waals surface area (Å²) in [4.78, 5) is 12.2. The van der Waals surface area contributed by atoms with Crippen LogP contribution in [-0.4, -0.2) is 27.0 Å². The number of nitrogens with one attached hydrogen (secondary N) is 1. The topological polar surface area (TPSA) is 74.5 Å². The number of allylic oxidation sites excluding steroid dienone is 2. The Balaban J connectivity index is 2.06. The summed E-state index contributed by atoms with van der Waals surface area (Å²) in [5, 5.41) is 22.9. The highest BCUT2D eigenvalue weighted by Crippen LogP contribution is 2.38. The van der Waals surface area contributed by atoms with Crippen LogP contribution in [0.5, 0.6) is 0 Å². The Morgan fingerprint density at radius 1 is 1.16 bits per heavy atom. The summed E-state index contributed by atoms with van der Waals surface area (Å²) in [5.41, 5.74) is -0.933. The molecule has 5 nitrogen and oxygen atoms in total. The first-order chi connectivity index (χ1) is 14.7. The predicted octanol–water partition coefficient (Wildman–Crippen LogP) is 4.36. The largest absolute Gasteiger partial charge is 0.477 e. The van der Waals surface area contributed by atoms with E-state index in [1.165, 1.54) is 41.1 Å². The molecular formula is C22H16F4N2O3. The minimum absolute atomic E-state index is 0.00837. The van der Waals surface area contributed by atoms with E-state index < -0.39 is 29.8 Å². The lowest BCUT2D eigenvalue weighted by molar-refractivity contribution is -0.137. The molecule has 2 aromatic carbocycles. The number of aliphatic hydroxyl groups excluding tert-OH is 1. The number of carboxylic acid groups (broad SMARTS) is 1. The summed E-state index contributed by atoms with van der Waals surface area (Å²) < 4.78 is 55.6. The van der Waals surface area contributed by atoms with E-state index in [0.29, 0.717) is 0 Å². The second-order valence-electron chi connectivity index (χ2n) is 6.99. The summed E-state index contributed by atoms with van der Waals surface area (Å²) in [5.74, 6) is -1.99. The van der Waals surface area contributed by atoms with Crippen LogP contribution in [0.15, 0.2) is 60.8 Å². The summed E-state index contributed by atoms with van der Waals surface area (Å²) in [6.07, 6.45) is -1.63. The Morgan fingerprint density at radius 3 is 2.55 bits per heavy atom. The normalized spacial score (nSPS) is 16.3. The molecule has 0 bridgehead atoms. The van der Waals surface area contributed by atoms with Gasteiger partial charge in [-0.15, -0.1) is 0 Å². The number of aliphatic hydroxyl groups is 1. The molecule has 0 fully saturated rings. The zero-order valence-corrected chi connectivity index (χ0v) is 15.8. The first-order valence-electron chi connectivity index (χ1n) is 9.20. The van der Waals surface area contributed by atoms with Crippen molar-refractivity contribution >= 4 is 22.4 Å². The van der Waals surface area contributed by atoms with Gasteiger partial charge in [0.15, 0.2) is 6.23 Å². The molecule has 160 valence electrons. The molecule has 0 amide bonds. The molecule has 9 heteroatoms. The standard InChI is InChI=1S/C22H16F4N2O3/c23-16-6-2-1-4-12(16)11-28-17-8-7-13(22(24,25)26)10-15(17)18(19(28)21(30)31)14-5-3-9-27-20(14)29/h1-10,20,27,29H,11H2,(H,30,31). The van der Waals surface area contributed by atoms with Gasteiger partial charge in [-0.3, -0.25) is 0 Å². The number of carbonyl (C=O) groups is 1. The van der Waals surface area contributed by atoms with E-state index in [9.17, 15) is 32.6 Å². The van der Waals surface area contributed by atoms with E-state index in [1.807, 2.05) is 0 Å². The minimum Gasteiger partial charge on any atom is -0.477 e.